The van der Waals surface area contributed by atoms with Crippen molar-refractivity contribution in [2.24, 2.45) is 16.8 Å². The molecule has 1 aromatic carbocycles. The van der Waals surface area contributed by atoms with E-state index < -0.39 is 0 Å². The average molecular weight is 535 g/mol. The summed E-state index contributed by atoms with van der Waals surface area (Å²) in [5.41, 5.74) is 0.993. The Labute approximate surface area is 196 Å². The van der Waals surface area contributed by atoms with E-state index in [1.54, 1.807) is 21.3 Å². The van der Waals surface area contributed by atoms with Crippen molar-refractivity contribution in [2.75, 3.05) is 54.6 Å². The first-order valence-electron chi connectivity index (χ1n) is 9.89. The summed E-state index contributed by atoms with van der Waals surface area (Å²) >= 11 is 0. The number of hydrogen-bond acceptors (Lipinski definition) is 6. The summed E-state index contributed by atoms with van der Waals surface area (Å²) in [6.07, 6.45) is 0.683. The predicted molar refractivity (Wildman–Crippen MR) is 127 cm³/mol. The molecule has 2 unspecified atom stereocenters. The van der Waals surface area contributed by atoms with E-state index in [4.69, 9.17) is 23.9 Å². The molecule has 1 fully saturated rings. The second-order valence-corrected chi connectivity index (χ2v) is 6.99. The standard InChI is InChI=1S/C21H33N3O5.HI/c1-7-22-21(24-12-14(2)16(13-24)20(25)29-6)23-11-10-15-8-9-17(26-3)19(28-5)18(15)27-4;/h8-9,14,16H,7,10-13H2,1-6H3,(H,22,23);1H. The molecule has 0 aliphatic carbocycles. The molecule has 1 saturated heterocycles. The molecule has 1 N–H and O–H groups in total. The van der Waals surface area contributed by atoms with E-state index in [0.29, 0.717) is 36.8 Å². The Hall–Kier alpha value is -1.91. The van der Waals surface area contributed by atoms with E-state index in [1.807, 2.05) is 19.1 Å². The van der Waals surface area contributed by atoms with E-state index in [9.17, 15) is 4.79 Å². The van der Waals surface area contributed by atoms with Gasteiger partial charge in [-0.05, 0) is 25.3 Å². The van der Waals surface area contributed by atoms with Crippen LogP contribution in [0.2, 0.25) is 0 Å². The van der Waals surface area contributed by atoms with Crippen molar-refractivity contribution in [1.82, 2.24) is 10.2 Å². The van der Waals surface area contributed by atoms with E-state index in [-0.39, 0.29) is 41.8 Å². The van der Waals surface area contributed by atoms with Gasteiger partial charge in [0.1, 0.15) is 0 Å². The molecule has 0 bridgehead atoms. The molecule has 0 saturated carbocycles. The molecule has 170 valence electrons. The van der Waals surface area contributed by atoms with Crippen LogP contribution in [0, 0.1) is 11.8 Å². The molecular weight excluding hydrogens is 501 g/mol. The number of ether oxygens (including phenoxy) is 4. The number of carbonyl (C=O) groups is 1. The lowest BCUT2D eigenvalue weighted by atomic mass is 9.99. The van der Waals surface area contributed by atoms with E-state index in [2.05, 4.69) is 17.1 Å². The van der Waals surface area contributed by atoms with Crippen molar-refractivity contribution in [2.45, 2.75) is 20.3 Å². The molecular formula is C21H34IN3O5. The number of likely N-dealkylation sites (tertiary alicyclic amines) is 1. The van der Waals surface area contributed by atoms with Crippen LogP contribution in [0.5, 0.6) is 17.2 Å². The van der Waals surface area contributed by atoms with Crippen LogP contribution in [0.15, 0.2) is 17.1 Å². The van der Waals surface area contributed by atoms with Crippen molar-refractivity contribution < 1.29 is 23.7 Å². The van der Waals surface area contributed by atoms with Crippen LogP contribution >= 0.6 is 24.0 Å². The van der Waals surface area contributed by atoms with E-state index in [0.717, 1.165) is 24.6 Å². The average Bonchev–Trinajstić information content (AvgIpc) is 3.13. The van der Waals surface area contributed by atoms with Gasteiger partial charge in [-0.1, -0.05) is 13.0 Å². The summed E-state index contributed by atoms with van der Waals surface area (Å²) < 4.78 is 21.3. The summed E-state index contributed by atoms with van der Waals surface area (Å²) in [6, 6.07) is 3.84. The lowest BCUT2D eigenvalue weighted by Gasteiger charge is -2.21. The zero-order valence-electron chi connectivity index (χ0n) is 18.7. The molecule has 9 heteroatoms. The number of guanidine groups is 1. The van der Waals surface area contributed by atoms with Gasteiger partial charge in [0.05, 0.1) is 34.4 Å². The molecule has 30 heavy (non-hydrogen) atoms. The number of hydrogen-bond donors (Lipinski definition) is 1. The number of methoxy groups -OCH3 is 4. The minimum absolute atomic E-state index is 0. The maximum Gasteiger partial charge on any atom is 0.310 e. The Morgan fingerprint density at radius 3 is 2.40 bits per heavy atom. The van der Waals surface area contributed by atoms with Gasteiger partial charge in [0.15, 0.2) is 17.5 Å². The number of halogens is 1. The number of aliphatic imine (C=N–C) groups is 1. The van der Waals surface area contributed by atoms with Gasteiger partial charge in [-0.15, -0.1) is 24.0 Å². The Morgan fingerprint density at radius 2 is 1.83 bits per heavy atom. The van der Waals surface area contributed by atoms with Crippen molar-refractivity contribution in [3.05, 3.63) is 17.7 Å². The quantitative estimate of drug-likeness (QED) is 0.237. The van der Waals surface area contributed by atoms with E-state index in [1.165, 1.54) is 7.11 Å². The van der Waals surface area contributed by atoms with Crippen molar-refractivity contribution in [3.63, 3.8) is 0 Å². The first-order valence-corrected chi connectivity index (χ1v) is 9.89. The van der Waals surface area contributed by atoms with Gasteiger partial charge >= 0.3 is 5.97 Å². The SMILES string of the molecule is CCNC(=NCCc1ccc(OC)c(OC)c1OC)N1CC(C)C(C(=O)OC)C1.I. The highest BCUT2D eigenvalue weighted by atomic mass is 127. The minimum atomic E-state index is -0.161. The maximum atomic E-state index is 12.0. The Balaban J connectivity index is 0.00000450. The molecule has 8 nitrogen and oxygen atoms in total. The first kappa shape index (κ1) is 26.1. The highest BCUT2D eigenvalue weighted by molar-refractivity contribution is 14.0. The van der Waals surface area contributed by atoms with Crippen LogP contribution in [0.1, 0.15) is 19.4 Å². The monoisotopic (exact) mass is 535 g/mol. The Morgan fingerprint density at radius 1 is 1.13 bits per heavy atom. The normalized spacial score (nSPS) is 18.5. The third-order valence-electron chi connectivity index (χ3n) is 5.18. The second-order valence-electron chi connectivity index (χ2n) is 6.99. The van der Waals surface area contributed by atoms with Crippen LogP contribution in [0.25, 0.3) is 0 Å². The number of nitrogens with zero attached hydrogens (tertiary/aromatic N) is 2. The fourth-order valence-corrected chi connectivity index (χ4v) is 3.67. The Kier molecular flexibility index (Phi) is 11.1. The van der Waals surface area contributed by atoms with Gasteiger partial charge < -0.3 is 29.2 Å². The van der Waals surface area contributed by atoms with Gasteiger partial charge in [-0.3, -0.25) is 9.79 Å². The number of benzene rings is 1. The highest BCUT2D eigenvalue weighted by Gasteiger charge is 2.36. The number of nitrogens with one attached hydrogen (secondary N) is 1. The fraction of sp³-hybridized carbons (Fsp3) is 0.619. The molecule has 2 atom stereocenters. The molecule has 1 aromatic rings. The zero-order valence-corrected chi connectivity index (χ0v) is 21.0. The molecule has 0 aromatic heterocycles. The molecule has 0 spiro atoms. The van der Waals surface area contributed by atoms with Crippen molar-refractivity contribution >= 4 is 35.9 Å². The molecule has 0 amide bonds. The summed E-state index contributed by atoms with van der Waals surface area (Å²) in [6.45, 7) is 6.81. The topological polar surface area (TPSA) is 81.6 Å². The van der Waals surface area contributed by atoms with Gasteiger partial charge in [0.2, 0.25) is 5.75 Å². The smallest absolute Gasteiger partial charge is 0.310 e. The maximum absolute atomic E-state index is 12.0. The first-order chi connectivity index (χ1) is 14.0. The third-order valence-corrected chi connectivity index (χ3v) is 5.18. The zero-order chi connectivity index (χ0) is 21.4. The van der Waals surface area contributed by atoms with Gasteiger partial charge in [-0.25, -0.2) is 0 Å². The molecule has 1 aliphatic rings. The summed E-state index contributed by atoms with van der Waals surface area (Å²) in [7, 11) is 6.25. The van der Waals surface area contributed by atoms with Gasteiger partial charge in [0.25, 0.3) is 0 Å². The van der Waals surface area contributed by atoms with Crippen molar-refractivity contribution in [3.8, 4) is 17.2 Å². The third kappa shape index (κ3) is 6.05. The molecule has 0 radical (unpaired) electrons. The van der Waals surface area contributed by atoms with Crippen LogP contribution in [0.3, 0.4) is 0 Å². The molecule has 1 aliphatic heterocycles. The van der Waals surface area contributed by atoms with Gasteiger partial charge in [0, 0.05) is 31.7 Å². The largest absolute Gasteiger partial charge is 0.493 e. The van der Waals surface area contributed by atoms with Crippen LogP contribution < -0.4 is 19.5 Å². The molecule has 2 rings (SSSR count). The fourth-order valence-electron chi connectivity index (χ4n) is 3.67. The predicted octanol–water partition coefficient (Wildman–Crippen LogP) is 2.58. The lowest BCUT2D eigenvalue weighted by molar-refractivity contribution is -0.145. The van der Waals surface area contributed by atoms with Crippen LogP contribution in [0.4, 0.5) is 0 Å². The highest BCUT2D eigenvalue weighted by Crippen LogP contribution is 2.39. The number of rotatable bonds is 8. The Bertz CT molecular complexity index is 729. The molecule has 1 heterocycles. The van der Waals surface area contributed by atoms with Crippen LogP contribution in [-0.2, 0) is 16.0 Å². The summed E-state index contributed by atoms with van der Waals surface area (Å²) in [5, 5.41) is 3.33. The van der Waals surface area contributed by atoms with Crippen LogP contribution in [-0.4, -0.2) is 71.4 Å². The van der Waals surface area contributed by atoms with Gasteiger partial charge in [-0.2, -0.15) is 0 Å². The number of carbonyl (C=O) groups excluding carboxylic acids is 1. The number of esters is 1. The lowest BCUT2D eigenvalue weighted by Crippen LogP contribution is -2.40. The van der Waals surface area contributed by atoms with Crippen molar-refractivity contribution in [1.29, 1.82) is 0 Å². The van der Waals surface area contributed by atoms with E-state index >= 15 is 0 Å². The second kappa shape index (κ2) is 12.7. The summed E-state index contributed by atoms with van der Waals surface area (Å²) in [4.78, 5) is 18.9. The minimum Gasteiger partial charge on any atom is -0.493 e. The summed E-state index contributed by atoms with van der Waals surface area (Å²) in [5.74, 6) is 2.61.